The van der Waals surface area contributed by atoms with Gasteiger partial charge in [0.15, 0.2) is 5.58 Å². The molecule has 1 amide bonds. The van der Waals surface area contributed by atoms with E-state index in [1.54, 1.807) is 18.2 Å². The molecule has 0 radical (unpaired) electrons. The summed E-state index contributed by atoms with van der Waals surface area (Å²) in [4.78, 5) is 23.8. The lowest BCUT2D eigenvalue weighted by Crippen LogP contribution is -2.25. The summed E-state index contributed by atoms with van der Waals surface area (Å²) in [6, 6.07) is 10.5. The minimum absolute atomic E-state index is 0.0758. The van der Waals surface area contributed by atoms with Gasteiger partial charge in [-0.15, -0.1) is 0 Å². The number of para-hydroxylation sites is 1. The Labute approximate surface area is 155 Å². The molecule has 27 heavy (non-hydrogen) atoms. The lowest BCUT2D eigenvalue weighted by Gasteiger charge is -2.12. The first-order chi connectivity index (χ1) is 12.8. The van der Waals surface area contributed by atoms with Crippen molar-refractivity contribution in [2.45, 2.75) is 18.2 Å². The molecule has 142 valence electrons. The normalized spacial score (nSPS) is 11.5. The number of nitrogens with zero attached hydrogens (tertiary/aromatic N) is 1. The van der Waals surface area contributed by atoms with Gasteiger partial charge in [0.05, 0.1) is 21.7 Å². The molecule has 1 aromatic heterocycles. The monoisotopic (exact) mass is 389 g/mol. The Hall–Kier alpha value is -3.07. The number of aryl methyl sites for hydroxylation is 1. The lowest BCUT2D eigenvalue weighted by molar-refractivity contribution is 0.0954. The predicted molar refractivity (Wildman–Crippen MR) is 101 cm³/mol. The van der Waals surface area contributed by atoms with Gasteiger partial charge in [0.2, 0.25) is 0 Å². The standard InChI is InChI=1S/C18H19N3O5S/c1-3-10-19-17(22)13-6-4-5-7-14(13)20-27(24,25)12-8-9-15-16(11-12)26-18(23)21(15)2/h4-9,11,20H,3,10H2,1-2H3,(H,19,22). The summed E-state index contributed by atoms with van der Waals surface area (Å²) in [5.41, 5.74) is 1.04. The van der Waals surface area contributed by atoms with Crippen LogP contribution in [-0.2, 0) is 17.1 Å². The summed E-state index contributed by atoms with van der Waals surface area (Å²) < 4.78 is 34.3. The van der Waals surface area contributed by atoms with E-state index in [9.17, 15) is 18.0 Å². The molecule has 0 fully saturated rings. The molecular formula is C18H19N3O5S. The molecule has 0 bridgehead atoms. The fourth-order valence-corrected chi connectivity index (χ4v) is 3.68. The Morgan fingerprint density at radius 2 is 1.93 bits per heavy atom. The van der Waals surface area contributed by atoms with Crippen LogP contribution < -0.4 is 15.8 Å². The Morgan fingerprint density at radius 1 is 1.19 bits per heavy atom. The van der Waals surface area contributed by atoms with E-state index < -0.39 is 15.8 Å². The Bertz CT molecular complexity index is 1160. The van der Waals surface area contributed by atoms with Gasteiger partial charge in [-0.25, -0.2) is 13.2 Å². The molecule has 8 nitrogen and oxygen atoms in total. The summed E-state index contributed by atoms with van der Waals surface area (Å²) in [6.45, 7) is 2.41. The van der Waals surface area contributed by atoms with Gasteiger partial charge in [0, 0.05) is 19.7 Å². The topological polar surface area (TPSA) is 110 Å². The quantitative estimate of drug-likeness (QED) is 0.671. The maximum atomic E-state index is 12.8. The minimum atomic E-state index is -3.99. The van der Waals surface area contributed by atoms with Crippen molar-refractivity contribution in [2.24, 2.45) is 7.05 Å². The number of nitrogens with one attached hydrogen (secondary N) is 2. The average molecular weight is 389 g/mol. The van der Waals surface area contributed by atoms with Crippen LogP contribution in [0.1, 0.15) is 23.7 Å². The zero-order valence-corrected chi connectivity index (χ0v) is 15.7. The zero-order chi connectivity index (χ0) is 19.6. The van der Waals surface area contributed by atoms with Crippen molar-refractivity contribution in [1.82, 2.24) is 9.88 Å². The van der Waals surface area contributed by atoms with Crippen LogP contribution >= 0.6 is 0 Å². The molecule has 0 atom stereocenters. The molecule has 0 spiro atoms. The van der Waals surface area contributed by atoms with E-state index in [2.05, 4.69) is 10.0 Å². The fraction of sp³-hybridized carbons (Fsp3) is 0.222. The van der Waals surface area contributed by atoms with Crippen LogP contribution in [0.5, 0.6) is 0 Å². The summed E-state index contributed by atoms with van der Waals surface area (Å²) in [5, 5.41) is 2.72. The van der Waals surface area contributed by atoms with Crippen LogP contribution in [0.3, 0.4) is 0 Å². The summed E-state index contributed by atoms with van der Waals surface area (Å²) in [5.74, 6) is -0.940. The number of carbonyl (C=O) groups is 1. The molecule has 3 rings (SSSR count). The van der Waals surface area contributed by atoms with E-state index in [4.69, 9.17) is 4.42 Å². The second-order valence-corrected chi connectivity index (χ2v) is 7.65. The third kappa shape index (κ3) is 3.72. The third-order valence-electron chi connectivity index (χ3n) is 4.03. The van der Waals surface area contributed by atoms with Gasteiger partial charge in [-0.3, -0.25) is 14.1 Å². The van der Waals surface area contributed by atoms with Crippen LogP contribution in [0.4, 0.5) is 5.69 Å². The number of aromatic nitrogens is 1. The Morgan fingerprint density at radius 3 is 2.67 bits per heavy atom. The van der Waals surface area contributed by atoms with Gasteiger partial charge in [-0.2, -0.15) is 0 Å². The highest BCUT2D eigenvalue weighted by Gasteiger charge is 2.20. The number of sulfonamides is 1. The van der Waals surface area contributed by atoms with Crippen molar-refractivity contribution in [3.63, 3.8) is 0 Å². The van der Waals surface area contributed by atoms with Gasteiger partial charge < -0.3 is 9.73 Å². The van der Waals surface area contributed by atoms with E-state index in [0.29, 0.717) is 12.1 Å². The third-order valence-corrected chi connectivity index (χ3v) is 5.39. The van der Waals surface area contributed by atoms with Crippen molar-refractivity contribution >= 4 is 32.7 Å². The summed E-state index contributed by atoms with van der Waals surface area (Å²) in [7, 11) is -2.45. The molecule has 0 aliphatic heterocycles. The second-order valence-electron chi connectivity index (χ2n) is 5.96. The van der Waals surface area contributed by atoms with Crippen LogP contribution in [-0.4, -0.2) is 25.4 Å². The maximum absolute atomic E-state index is 12.8. The number of benzene rings is 2. The number of carbonyl (C=O) groups excluding carboxylic acids is 1. The van der Waals surface area contributed by atoms with E-state index in [-0.39, 0.29) is 27.6 Å². The number of oxazole rings is 1. The number of rotatable bonds is 6. The lowest BCUT2D eigenvalue weighted by atomic mass is 10.1. The molecule has 0 saturated heterocycles. The zero-order valence-electron chi connectivity index (χ0n) is 14.9. The largest absolute Gasteiger partial charge is 0.419 e. The summed E-state index contributed by atoms with van der Waals surface area (Å²) in [6.07, 6.45) is 0.766. The van der Waals surface area contributed by atoms with Crippen molar-refractivity contribution in [1.29, 1.82) is 0 Å². The SMILES string of the molecule is CCCNC(=O)c1ccccc1NS(=O)(=O)c1ccc2c(c1)oc(=O)n2C. The van der Waals surface area contributed by atoms with Crippen molar-refractivity contribution in [2.75, 3.05) is 11.3 Å². The molecular weight excluding hydrogens is 370 g/mol. The molecule has 3 aromatic rings. The first kappa shape index (κ1) is 18.7. The van der Waals surface area contributed by atoms with Crippen LogP contribution in [0.25, 0.3) is 11.1 Å². The van der Waals surface area contributed by atoms with Crippen LogP contribution in [0, 0.1) is 0 Å². The number of hydrogen-bond donors (Lipinski definition) is 2. The molecule has 0 aliphatic carbocycles. The maximum Gasteiger partial charge on any atom is 0.419 e. The van der Waals surface area contributed by atoms with Gasteiger partial charge in [-0.1, -0.05) is 19.1 Å². The van der Waals surface area contributed by atoms with E-state index >= 15 is 0 Å². The van der Waals surface area contributed by atoms with Crippen LogP contribution in [0.15, 0.2) is 56.6 Å². The molecule has 0 saturated carbocycles. The van der Waals surface area contributed by atoms with Gasteiger partial charge in [0.25, 0.3) is 15.9 Å². The first-order valence-electron chi connectivity index (χ1n) is 8.33. The molecule has 2 N–H and O–H groups in total. The van der Waals surface area contributed by atoms with E-state index in [0.717, 1.165) is 6.42 Å². The number of fused-ring (bicyclic) bond motifs is 1. The first-order valence-corrected chi connectivity index (χ1v) is 9.81. The van der Waals surface area contributed by atoms with E-state index in [1.165, 1.54) is 35.9 Å². The van der Waals surface area contributed by atoms with Gasteiger partial charge in [-0.05, 0) is 30.7 Å². The second kappa shape index (κ2) is 7.28. The molecule has 1 heterocycles. The molecule has 0 unspecified atom stereocenters. The highest BCUT2D eigenvalue weighted by atomic mass is 32.2. The van der Waals surface area contributed by atoms with Crippen LogP contribution in [0.2, 0.25) is 0 Å². The minimum Gasteiger partial charge on any atom is -0.408 e. The predicted octanol–water partition coefficient (Wildman–Crippen LogP) is 2.07. The number of hydrogen-bond acceptors (Lipinski definition) is 5. The molecule has 2 aromatic carbocycles. The fourth-order valence-electron chi connectivity index (χ4n) is 2.59. The smallest absolute Gasteiger partial charge is 0.408 e. The highest BCUT2D eigenvalue weighted by Crippen LogP contribution is 2.23. The molecule has 9 heteroatoms. The average Bonchev–Trinajstić information content (AvgIpc) is 2.93. The summed E-state index contributed by atoms with van der Waals surface area (Å²) >= 11 is 0. The molecule has 0 aliphatic rings. The van der Waals surface area contributed by atoms with Crippen molar-refractivity contribution < 1.29 is 17.6 Å². The Kier molecular flexibility index (Phi) is 5.04. The van der Waals surface area contributed by atoms with E-state index in [1.807, 2.05) is 6.92 Å². The van der Waals surface area contributed by atoms with Gasteiger partial charge in [0.1, 0.15) is 0 Å². The Balaban J connectivity index is 1.96. The highest BCUT2D eigenvalue weighted by molar-refractivity contribution is 7.92. The van der Waals surface area contributed by atoms with Crippen molar-refractivity contribution in [3.8, 4) is 0 Å². The number of anilines is 1. The van der Waals surface area contributed by atoms with Crippen molar-refractivity contribution in [3.05, 3.63) is 58.6 Å². The van der Waals surface area contributed by atoms with Gasteiger partial charge >= 0.3 is 5.76 Å². The number of amides is 1.